The van der Waals surface area contributed by atoms with Crippen molar-refractivity contribution in [2.45, 2.75) is 38.0 Å². The Balaban J connectivity index is 1.70. The van der Waals surface area contributed by atoms with Crippen molar-refractivity contribution in [3.8, 4) is 0 Å². The molecule has 2 aromatic rings. The number of likely N-dealkylation sites (tertiary alicyclic amines) is 1. The van der Waals surface area contributed by atoms with Gasteiger partial charge >= 0.3 is 12.1 Å². The molecule has 7 heteroatoms. The second-order valence-electron chi connectivity index (χ2n) is 7.48. The Morgan fingerprint density at radius 1 is 1.07 bits per heavy atom. The summed E-state index contributed by atoms with van der Waals surface area (Å²) in [6, 6.07) is 18.0. The molecular formula is C23H26N2O5. The molecule has 2 aromatic carbocycles. The first-order valence-electron chi connectivity index (χ1n) is 9.84. The molecule has 0 spiro atoms. The maximum absolute atomic E-state index is 12.9. The van der Waals surface area contributed by atoms with Crippen molar-refractivity contribution in [3.05, 3.63) is 71.8 Å². The number of nitrogens with zero attached hydrogens (tertiary/aromatic N) is 1. The standard InChI is InChI=1S/C23H26N2O5/c1-23(18-11-7-4-8-12-18,15-20(26)25-14-13-19(25)21(27)29-2)24-22(28)30-16-17-9-5-3-6-10-17/h3-12,19H,13-16H2,1-2H3,(H,24,28). The lowest BCUT2D eigenvalue weighted by Crippen LogP contribution is -2.57. The van der Waals surface area contributed by atoms with Gasteiger partial charge in [0.25, 0.3) is 0 Å². The van der Waals surface area contributed by atoms with Crippen molar-refractivity contribution in [2.24, 2.45) is 0 Å². The molecule has 2 atom stereocenters. The maximum Gasteiger partial charge on any atom is 0.408 e. The molecule has 2 amide bonds. The SMILES string of the molecule is COC(=O)C1CCN1C(=O)CC(C)(NC(=O)OCc1ccccc1)c1ccccc1. The first kappa shape index (κ1) is 21.4. The number of alkyl carbamates (subject to hydrolysis) is 1. The summed E-state index contributed by atoms with van der Waals surface area (Å²) in [4.78, 5) is 38.8. The molecule has 1 fully saturated rings. The first-order valence-corrected chi connectivity index (χ1v) is 9.84. The van der Waals surface area contributed by atoms with Gasteiger partial charge in [-0.1, -0.05) is 60.7 Å². The lowest BCUT2D eigenvalue weighted by Gasteiger charge is -2.41. The highest BCUT2D eigenvalue weighted by atomic mass is 16.5. The lowest BCUT2D eigenvalue weighted by atomic mass is 9.87. The molecule has 0 aromatic heterocycles. The van der Waals surface area contributed by atoms with Crippen LogP contribution >= 0.6 is 0 Å². The number of amides is 2. The van der Waals surface area contributed by atoms with Gasteiger partial charge in [0.1, 0.15) is 12.6 Å². The Hall–Kier alpha value is -3.35. The summed E-state index contributed by atoms with van der Waals surface area (Å²) in [6.07, 6.45) is -0.0519. The Kier molecular flexibility index (Phi) is 6.72. The minimum atomic E-state index is -0.998. The number of hydrogen-bond acceptors (Lipinski definition) is 5. The Labute approximate surface area is 176 Å². The minimum absolute atomic E-state index is 0.00898. The van der Waals surface area contributed by atoms with Crippen molar-refractivity contribution >= 4 is 18.0 Å². The van der Waals surface area contributed by atoms with Gasteiger partial charge in [-0.05, 0) is 24.5 Å². The molecule has 0 aliphatic carbocycles. The summed E-state index contributed by atoms with van der Waals surface area (Å²) in [7, 11) is 1.31. The zero-order chi connectivity index (χ0) is 21.6. The highest BCUT2D eigenvalue weighted by Crippen LogP contribution is 2.29. The Bertz CT molecular complexity index is 887. The van der Waals surface area contributed by atoms with Crippen LogP contribution < -0.4 is 5.32 Å². The summed E-state index contributed by atoms with van der Waals surface area (Å²) in [6.45, 7) is 2.39. The number of rotatable bonds is 7. The number of carbonyl (C=O) groups excluding carboxylic acids is 3. The van der Waals surface area contributed by atoms with Crippen molar-refractivity contribution in [1.82, 2.24) is 10.2 Å². The summed E-state index contributed by atoms with van der Waals surface area (Å²) >= 11 is 0. The largest absolute Gasteiger partial charge is 0.467 e. The molecule has 0 bridgehead atoms. The third-order valence-electron chi connectivity index (χ3n) is 5.32. The van der Waals surface area contributed by atoms with E-state index in [-0.39, 0.29) is 18.9 Å². The van der Waals surface area contributed by atoms with Gasteiger partial charge < -0.3 is 19.7 Å². The van der Waals surface area contributed by atoms with Crippen LogP contribution in [-0.4, -0.2) is 42.6 Å². The van der Waals surface area contributed by atoms with Gasteiger partial charge in [-0.2, -0.15) is 0 Å². The zero-order valence-electron chi connectivity index (χ0n) is 17.2. The van der Waals surface area contributed by atoms with E-state index in [0.29, 0.717) is 13.0 Å². The molecular weight excluding hydrogens is 384 g/mol. The molecule has 1 saturated heterocycles. The first-order chi connectivity index (χ1) is 14.4. The third-order valence-corrected chi connectivity index (χ3v) is 5.32. The van der Waals surface area contributed by atoms with Crippen LogP contribution in [0.25, 0.3) is 0 Å². The van der Waals surface area contributed by atoms with Gasteiger partial charge in [-0.15, -0.1) is 0 Å². The molecule has 3 rings (SSSR count). The summed E-state index contributed by atoms with van der Waals surface area (Å²) in [5.41, 5.74) is 0.638. The van der Waals surface area contributed by atoms with Gasteiger partial charge in [0.05, 0.1) is 19.1 Å². The fourth-order valence-corrected chi connectivity index (χ4v) is 3.48. The molecule has 2 unspecified atom stereocenters. The van der Waals surface area contributed by atoms with E-state index in [2.05, 4.69) is 5.32 Å². The fraction of sp³-hybridized carbons (Fsp3) is 0.348. The third kappa shape index (κ3) is 4.97. The van der Waals surface area contributed by atoms with Crippen LogP contribution in [-0.2, 0) is 31.2 Å². The van der Waals surface area contributed by atoms with Crippen molar-refractivity contribution in [3.63, 3.8) is 0 Å². The number of ether oxygens (including phenoxy) is 2. The van der Waals surface area contributed by atoms with Gasteiger partial charge in [-0.3, -0.25) is 4.79 Å². The molecule has 1 aliphatic heterocycles. The van der Waals surface area contributed by atoms with E-state index >= 15 is 0 Å². The normalized spacial score (nSPS) is 17.3. The lowest BCUT2D eigenvalue weighted by molar-refractivity contribution is -0.160. The smallest absolute Gasteiger partial charge is 0.408 e. The zero-order valence-corrected chi connectivity index (χ0v) is 17.2. The Morgan fingerprint density at radius 2 is 1.70 bits per heavy atom. The van der Waals surface area contributed by atoms with E-state index in [4.69, 9.17) is 9.47 Å². The van der Waals surface area contributed by atoms with Crippen LogP contribution in [0.3, 0.4) is 0 Å². The van der Waals surface area contributed by atoms with E-state index in [9.17, 15) is 14.4 Å². The van der Waals surface area contributed by atoms with Crippen LogP contribution in [0.4, 0.5) is 4.79 Å². The van der Waals surface area contributed by atoms with Crippen molar-refractivity contribution < 1.29 is 23.9 Å². The number of hydrogen-bond donors (Lipinski definition) is 1. The minimum Gasteiger partial charge on any atom is -0.467 e. The van der Waals surface area contributed by atoms with Gasteiger partial charge in [0, 0.05) is 6.54 Å². The number of carbonyl (C=O) groups is 3. The second kappa shape index (κ2) is 9.43. The molecule has 1 aliphatic rings. The molecule has 0 radical (unpaired) electrons. The van der Waals surface area contributed by atoms with Gasteiger partial charge in [-0.25, -0.2) is 9.59 Å². The predicted molar refractivity (Wildman–Crippen MR) is 110 cm³/mol. The predicted octanol–water partition coefficient (Wildman–Crippen LogP) is 2.99. The van der Waals surface area contributed by atoms with Crippen LogP contribution in [0.5, 0.6) is 0 Å². The van der Waals surface area contributed by atoms with E-state index in [1.54, 1.807) is 6.92 Å². The van der Waals surface area contributed by atoms with Gasteiger partial charge in [0.2, 0.25) is 5.91 Å². The summed E-state index contributed by atoms with van der Waals surface area (Å²) in [5.74, 6) is -0.655. The van der Waals surface area contributed by atoms with Crippen LogP contribution in [0.2, 0.25) is 0 Å². The van der Waals surface area contributed by atoms with E-state index in [1.807, 2.05) is 60.7 Å². The summed E-state index contributed by atoms with van der Waals surface area (Å²) < 4.78 is 10.1. The Morgan fingerprint density at radius 3 is 2.27 bits per heavy atom. The van der Waals surface area contributed by atoms with Crippen molar-refractivity contribution in [2.75, 3.05) is 13.7 Å². The monoisotopic (exact) mass is 410 g/mol. The number of nitrogens with one attached hydrogen (secondary N) is 1. The maximum atomic E-state index is 12.9. The number of benzene rings is 2. The number of methoxy groups -OCH3 is 1. The van der Waals surface area contributed by atoms with E-state index in [1.165, 1.54) is 12.0 Å². The quantitative estimate of drug-likeness (QED) is 0.710. The molecule has 0 saturated carbocycles. The van der Waals surface area contributed by atoms with Gasteiger partial charge in [0.15, 0.2) is 0 Å². The summed E-state index contributed by atoms with van der Waals surface area (Å²) in [5, 5.41) is 2.85. The average molecular weight is 410 g/mol. The molecule has 7 nitrogen and oxygen atoms in total. The molecule has 1 heterocycles. The topological polar surface area (TPSA) is 84.9 Å². The van der Waals surface area contributed by atoms with Crippen LogP contribution in [0, 0.1) is 0 Å². The van der Waals surface area contributed by atoms with Crippen LogP contribution in [0.1, 0.15) is 30.9 Å². The molecule has 30 heavy (non-hydrogen) atoms. The average Bonchev–Trinajstić information content (AvgIpc) is 2.72. The fourth-order valence-electron chi connectivity index (χ4n) is 3.48. The second-order valence-corrected chi connectivity index (χ2v) is 7.48. The van der Waals surface area contributed by atoms with E-state index in [0.717, 1.165) is 11.1 Å². The van der Waals surface area contributed by atoms with E-state index < -0.39 is 23.6 Å². The number of esters is 1. The molecule has 1 N–H and O–H groups in total. The van der Waals surface area contributed by atoms with Crippen LogP contribution in [0.15, 0.2) is 60.7 Å². The molecule has 158 valence electrons. The highest BCUT2D eigenvalue weighted by molar-refractivity contribution is 5.87. The highest BCUT2D eigenvalue weighted by Gasteiger charge is 2.41. The van der Waals surface area contributed by atoms with Crippen molar-refractivity contribution in [1.29, 1.82) is 0 Å².